The van der Waals surface area contributed by atoms with Crippen LogP contribution in [0.4, 0.5) is 5.69 Å². The van der Waals surface area contributed by atoms with E-state index in [1.165, 1.54) is 0 Å². The lowest BCUT2D eigenvalue weighted by molar-refractivity contribution is -0.119. The second kappa shape index (κ2) is 11.4. The summed E-state index contributed by atoms with van der Waals surface area (Å²) in [6.45, 7) is 2.27. The summed E-state index contributed by atoms with van der Waals surface area (Å²) in [6.07, 6.45) is 0.777. The first-order chi connectivity index (χ1) is 11.2. The Morgan fingerprint density at radius 2 is 1.83 bits per heavy atom. The van der Waals surface area contributed by atoms with Gasteiger partial charge in [0.2, 0.25) is 5.91 Å². The zero-order valence-electron chi connectivity index (χ0n) is 13.7. The first-order valence-electron chi connectivity index (χ1n) is 7.54. The molecule has 0 heterocycles. The van der Waals surface area contributed by atoms with Gasteiger partial charge in [-0.1, -0.05) is 6.07 Å². The van der Waals surface area contributed by atoms with Gasteiger partial charge in [0.25, 0.3) is 5.91 Å². The van der Waals surface area contributed by atoms with E-state index in [9.17, 15) is 9.59 Å². The van der Waals surface area contributed by atoms with E-state index in [2.05, 4.69) is 16.0 Å². The fourth-order valence-corrected chi connectivity index (χ4v) is 1.83. The summed E-state index contributed by atoms with van der Waals surface area (Å²) in [7, 11) is 3.21. The summed E-state index contributed by atoms with van der Waals surface area (Å²) in [6, 6.07) is 7.01. The lowest BCUT2D eigenvalue weighted by Crippen LogP contribution is -2.31. The van der Waals surface area contributed by atoms with Gasteiger partial charge in [-0.05, 0) is 24.6 Å². The van der Waals surface area contributed by atoms with Crippen LogP contribution in [-0.2, 0) is 14.3 Å². The van der Waals surface area contributed by atoms with Crippen molar-refractivity contribution in [3.63, 3.8) is 0 Å². The van der Waals surface area contributed by atoms with Gasteiger partial charge in [0.1, 0.15) is 0 Å². The number of hydrogen-bond donors (Lipinski definition) is 3. The lowest BCUT2D eigenvalue weighted by atomic mass is 10.2. The summed E-state index contributed by atoms with van der Waals surface area (Å²) >= 11 is 0. The number of hydrogen-bond acceptors (Lipinski definition) is 5. The van der Waals surface area contributed by atoms with Crippen molar-refractivity contribution in [2.24, 2.45) is 0 Å². The van der Waals surface area contributed by atoms with Crippen LogP contribution < -0.4 is 16.0 Å². The molecule has 2 amide bonds. The van der Waals surface area contributed by atoms with E-state index in [-0.39, 0.29) is 18.4 Å². The van der Waals surface area contributed by atoms with Crippen LogP contribution in [0.3, 0.4) is 0 Å². The topological polar surface area (TPSA) is 88.7 Å². The van der Waals surface area contributed by atoms with Crippen LogP contribution in [-0.4, -0.2) is 58.9 Å². The number of methoxy groups -OCH3 is 2. The van der Waals surface area contributed by atoms with Crippen molar-refractivity contribution in [3.8, 4) is 0 Å². The van der Waals surface area contributed by atoms with E-state index < -0.39 is 0 Å². The molecule has 0 aromatic heterocycles. The minimum atomic E-state index is -0.172. The molecule has 1 rings (SSSR count). The Kier molecular flexibility index (Phi) is 9.42. The lowest BCUT2D eigenvalue weighted by Gasteiger charge is -2.09. The van der Waals surface area contributed by atoms with Crippen molar-refractivity contribution in [2.45, 2.75) is 6.42 Å². The first kappa shape index (κ1) is 18.9. The van der Waals surface area contributed by atoms with Crippen LogP contribution >= 0.6 is 0 Å². The second-order valence-corrected chi connectivity index (χ2v) is 4.88. The van der Waals surface area contributed by atoms with Gasteiger partial charge in [-0.2, -0.15) is 0 Å². The van der Waals surface area contributed by atoms with E-state index in [0.717, 1.165) is 12.1 Å². The van der Waals surface area contributed by atoms with Gasteiger partial charge >= 0.3 is 0 Å². The molecule has 0 unspecified atom stereocenters. The van der Waals surface area contributed by atoms with Gasteiger partial charge < -0.3 is 25.4 Å². The number of nitrogens with one attached hydrogen (secondary N) is 3. The average Bonchev–Trinajstić information content (AvgIpc) is 2.57. The SMILES string of the molecule is COCCCNC(=O)CNc1cccc(C(=O)NCCOC)c1. The summed E-state index contributed by atoms with van der Waals surface area (Å²) in [5, 5.41) is 8.53. The van der Waals surface area contributed by atoms with E-state index in [4.69, 9.17) is 9.47 Å². The zero-order chi connectivity index (χ0) is 16.9. The molecule has 1 aromatic rings. The van der Waals surface area contributed by atoms with Crippen LogP contribution in [0.5, 0.6) is 0 Å². The van der Waals surface area contributed by atoms with Crippen molar-refractivity contribution >= 4 is 17.5 Å². The third kappa shape index (κ3) is 8.18. The smallest absolute Gasteiger partial charge is 0.251 e. The van der Waals surface area contributed by atoms with Gasteiger partial charge in [0, 0.05) is 45.2 Å². The summed E-state index contributed by atoms with van der Waals surface area (Å²) in [5.74, 6) is -0.272. The van der Waals surface area contributed by atoms with Crippen LogP contribution in [0.1, 0.15) is 16.8 Å². The zero-order valence-corrected chi connectivity index (χ0v) is 13.7. The van der Waals surface area contributed by atoms with Gasteiger partial charge in [-0.25, -0.2) is 0 Å². The third-order valence-electron chi connectivity index (χ3n) is 3.02. The summed E-state index contributed by atoms with van der Waals surface area (Å²) in [5.41, 5.74) is 1.25. The van der Waals surface area contributed by atoms with Crippen molar-refractivity contribution in [2.75, 3.05) is 52.4 Å². The molecule has 0 aliphatic heterocycles. The predicted octanol–water partition coefficient (Wildman–Crippen LogP) is 0.627. The largest absolute Gasteiger partial charge is 0.385 e. The van der Waals surface area contributed by atoms with Crippen LogP contribution in [0.15, 0.2) is 24.3 Å². The minimum absolute atomic E-state index is 0.101. The van der Waals surface area contributed by atoms with Crippen molar-refractivity contribution in [3.05, 3.63) is 29.8 Å². The van der Waals surface area contributed by atoms with Gasteiger partial charge in [-0.3, -0.25) is 9.59 Å². The fourth-order valence-electron chi connectivity index (χ4n) is 1.83. The Morgan fingerprint density at radius 1 is 1.04 bits per heavy atom. The quantitative estimate of drug-likeness (QED) is 0.520. The van der Waals surface area contributed by atoms with Crippen molar-refractivity contribution in [1.29, 1.82) is 0 Å². The monoisotopic (exact) mass is 323 g/mol. The maximum Gasteiger partial charge on any atom is 0.251 e. The van der Waals surface area contributed by atoms with E-state index in [1.54, 1.807) is 32.4 Å². The summed E-state index contributed by atoms with van der Waals surface area (Å²) in [4.78, 5) is 23.6. The van der Waals surface area contributed by atoms with Crippen LogP contribution in [0.2, 0.25) is 0 Å². The summed E-state index contributed by atoms with van der Waals surface area (Å²) < 4.78 is 9.80. The molecule has 0 saturated carbocycles. The van der Waals surface area contributed by atoms with Crippen LogP contribution in [0, 0.1) is 0 Å². The second-order valence-electron chi connectivity index (χ2n) is 4.88. The predicted molar refractivity (Wildman–Crippen MR) is 88.6 cm³/mol. The number of anilines is 1. The average molecular weight is 323 g/mol. The maximum atomic E-state index is 11.9. The molecule has 0 aliphatic rings. The molecule has 0 aliphatic carbocycles. The molecule has 7 heteroatoms. The van der Waals surface area contributed by atoms with E-state index >= 15 is 0 Å². The maximum absolute atomic E-state index is 11.9. The van der Waals surface area contributed by atoms with E-state index in [0.29, 0.717) is 31.9 Å². The highest BCUT2D eigenvalue weighted by Gasteiger charge is 2.06. The Bertz CT molecular complexity index is 494. The fraction of sp³-hybridized carbons (Fsp3) is 0.500. The number of ether oxygens (including phenoxy) is 2. The molecule has 0 spiro atoms. The molecule has 23 heavy (non-hydrogen) atoms. The van der Waals surface area contributed by atoms with E-state index in [1.807, 2.05) is 6.07 Å². The number of amides is 2. The number of benzene rings is 1. The van der Waals surface area contributed by atoms with Crippen LogP contribution in [0.25, 0.3) is 0 Å². The molecule has 0 saturated heterocycles. The van der Waals surface area contributed by atoms with Crippen molar-refractivity contribution < 1.29 is 19.1 Å². The van der Waals surface area contributed by atoms with Gasteiger partial charge in [0.05, 0.1) is 13.2 Å². The first-order valence-corrected chi connectivity index (χ1v) is 7.54. The molecule has 0 fully saturated rings. The van der Waals surface area contributed by atoms with Gasteiger partial charge in [-0.15, -0.1) is 0 Å². The standard InChI is InChI=1S/C16H25N3O4/c1-22-9-4-7-17-15(20)12-19-14-6-3-5-13(11-14)16(21)18-8-10-23-2/h3,5-6,11,19H,4,7-10,12H2,1-2H3,(H,17,20)(H,18,21). The molecular formula is C16H25N3O4. The molecule has 0 bridgehead atoms. The van der Waals surface area contributed by atoms with Crippen molar-refractivity contribution in [1.82, 2.24) is 10.6 Å². The minimum Gasteiger partial charge on any atom is -0.385 e. The Hall–Kier alpha value is -2.12. The molecule has 0 atom stereocenters. The molecule has 0 radical (unpaired) electrons. The molecule has 7 nitrogen and oxygen atoms in total. The Morgan fingerprint density at radius 3 is 2.57 bits per heavy atom. The molecule has 1 aromatic carbocycles. The number of rotatable bonds is 11. The highest BCUT2D eigenvalue weighted by Crippen LogP contribution is 2.10. The Labute approximate surface area is 136 Å². The number of carbonyl (C=O) groups is 2. The highest BCUT2D eigenvalue weighted by molar-refractivity contribution is 5.95. The molecule has 3 N–H and O–H groups in total. The highest BCUT2D eigenvalue weighted by atomic mass is 16.5. The molecule has 128 valence electrons. The molecular weight excluding hydrogens is 298 g/mol. The Balaban J connectivity index is 2.38. The normalized spacial score (nSPS) is 10.2. The number of carbonyl (C=O) groups excluding carboxylic acids is 2. The third-order valence-corrected chi connectivity index (χ3v) is 3.02. The van der Waals surface area contributed by atoms with Gasteiger partial charge in [0.15, 0.2) is 0 Å².